The molecule has 41 heavy (non-hydrogen) atoms. The third-order valence-corrected chi connectivity index (χ3v) is 10.5. The van der Waals surface area contributed by atoms with Crippen molar-refractivity contribution in [2.45, 2.75) is 114 Å². The monoisotopic (exact) mass is 558 g/mol. The van der Waals surface area contributed by atoms with Crippen LogP contribution in [0.4, 0.5) is 10.6 Å². The molecule has 1 aromatic heterocycles. The van der Waals surface area contributed by atoms with Crippen LogP contribution in [0.25, 0.3) is 11.0 Å². The van der Waals surface area contributed by atoms with E-state index in [-0.39, 0.29) is 23.3 Å². The van der Waals surface area contributed by atoms with Crippen molar-refractivity contribution >= 4 is 28.8 Å². The van der Waals surface area contributed by atoms with Gasteiger partial charge in [-0.25, -0.2) is 14.7 Å². The van der Waals surface area contributed by atoms with E-state index in [2.05, 4.69) is 20.5 Å². The van der Waals surface area contributed by atoms with Crippen LogP contribution in [-0.4, -0.2) is 50.7 Å². The second kappa shape index (κ2) is 10.9. The summed E-state index contributed by atoms with van der Waals surface area (Å²) >= 11 is 0. The minimum Gasteiger partial charge on any atom is -0.333 e. The molecule has 4 bridgehead atoms. The first-order valence-corrected chi connectivity index (χ1v) is 15.8. The molecule has 3 aliphatic carbocycles. The lowest BCUT2D eigenvalue weighted by atomic mass is 9.69. The Hall–Kier alpha value is -3.20. The van der Waals surface area contributed by atoms with Gasteiger partial charge in [0.2, 0.25) is 11.7 Å². The smallest absolute Gasteiger partial charge is 0.329 e. The van der Waals surface area contributed by atoms with Gasteiger partial charge in [-0.2, -0.15) is 0 Å². The lowest BCUT2D eigenvalue weighted by Crippen LogP contribution is -2.60. The normalized spacial score (nSPS) is 33.7. The number of hydrogen-bond acceptors (Lipinski definition) is 5. The van der Waals surface area contributed by atoms with Crippen LogP contribution >= 0.6 is 0 Å². The Bertz CT molecular complexity index is 1400. The summed E-state index contributed by atoms with van der Waals surface area (Å²) < 4.78 is 1.95. The van der Waals surface area contributed by atoms with Crippen molar-refractivity contribution in [3.63, 3.8) is 0 Å². The van der Waals surface area contributed by atoms with Gasteiger partial charge in [0.15, 0.2) is 0 Å². The van der Waals surface area contributed by atoms with E-state index in [9.17, 15) is 14.4 Å². The number of anilines is 1. The average Bonchev–Trinajstić information content (AvgIpc) is 2.92. The molecular formula is C32H42N6O3. The van der Waals surface area contributed by atoms with Crippen molar-refractivity contribution in [3.8, 4) is 0 Å². The fourth-order valence-corrected chi connectivity index (χ4v) is 8.86. The second-order valence-corrected chi connectivity index (χ2v) is 13.0. The van der Waals surface area contributed by atoms with Gasteiger partial charge in [0, 0.05) is 37.3 Å². The van der Waals surface area contributed by atoms with E-state index in [0.717, 1.165) is 30.2 Å². The largest absolute Gasteiger partial charge is 0.333 e. The Morgan fingerprint density at radius 1 is 0.927 bits per heavy atom. The number of carbonyl (C=O) groups excluding carboxylic acids is 2. The molecule has 6 atom stereocenters. The lowest BCUT2D eigenvalue weighted by Gasteiger charge is -2.56. The number of benzene rings is 1. The van der Waals surface area contributed by atoms with Crippen molar-refractivity contribution in [2.24, 2.45) is 11.8 Å². The summed E-state index contributed by atoms with van der Waals surface area (Å²) in [4.78, 5) is 47.7. The predicted molar refractivity (Wildman–Crippen MR) is 158 cm³/mol. The van der Waals surface area contributed by atoms with Crippen LogP contribution in [0.2, 0.25) is 0 Å². The van der Waals surface area contributed by atoms with Crippen LogP contribution in [0.1, 0.15) is 90.0 Å². The highest BCUT2D eigenvalue weighted by Gasteiger charge is 2.46. The highest BCUT2D eigenvalue weighted by Crippen LogP contribution is 2.47. The van der Waals surface area contributed by atoms with Gasteiger partial charge in [-0.3, -0.25) is 14.5 Å². The van der Waals surface area contributed by atoms with Crippen molar-refractivity contribution in [1.29, 1.82) is 0 Å². The van der Waals surface area contributed by atoms with Gasteiger partial charge >= 0.3 is 6.03 Å². The zero-order valence-electron chi connectivity index (χ0n) is 24.0. The number of para-hydroxylation sites is 2. The fraction of sp³-hybridized carbons (Fsp3) is 0.625. The first kappa shape index (κ1) is 26.7. The first-order chi connectivity index (χ1) is 20.0. The molecule has 3 amide bonds. The Balaban J connectivity index is 1.22. The Morgan fingerprint density at radius 3 is 2.49 bits per heavy atom. The molecule has 5 fully saturated rings. The molecule has 2 saturated heterocycles. The molecule has 0 radical (unpaired) electrons. The summed E-state index contributed by atoms with van der Waals surface area (Å²) in [7, 11) is 0. The van der Waals surface area contributed by atoms with E-state index in [4.69, 9.17) is 0 Å². The lowest BCUT2D eigenvalue weighted by molar-refractivity contribution is -0.119. The number of carbonyl (C=O) groups is 2. The molecule has 6 aliphatic rings. The number of aromatic nitrogens is 2. The summed E-state index contributed by atoms with van der Waals surface area (Å²) in [5.74, 6) is 1.57. The first-order valence-electron chi connectivity index (χ1n) is 15.8. The molecule has 3 aliphatic heterocycles. The highest BCUT2D eigenvalue weighted by atomic mass is 16.2. The van der Waals surface area contributed by atoms with Crippen LogP contribution < -0.4 is 21.1 Å². The van der Waals surface area contributed by atoms with E-state index in [1.54, 1.807) is 12.3 Å². The molecule has 8 rings (SSSR count). The standard InChI is InChI=1S/C32H42N6O3/c1-20(39)33-29-15-16-36(32(41)35-29)30-31(40)38(27-12-5-4-11-26(27)34-30)25-18-23-9-6-10-24(19-25)37(23)28-17-21-7-2-3-8-22(28)14-13-21/h4-5,11-12,15-16,21-25,28-29H,2-3,6-10,13-14,17-19H2,1H3,(H,33,39)(H,35,41). The summed E-state index contributed by atoms with van der Waals surface area (Å²) in [6.07, 6.45) is 17.9. The van der Waals surface area contributed by atoms with E-state index in [1.807, 2.05) is 28.8 Å². The number of hydrogen-bond donors (Lipinski definition) is 2. The Morgan fingerprint density at radius 2 is 1.71 bits per heavy atom. The molecule has 6 unspecified atom stereocenters. The second-order valence-electron chi connectivity index (χ2n) is 13.0. The maximum Gasteiger partial charge on any atom is 0.329 e. The summed E-state index contributed by atoms with van der Waals surface area (Å²) in [6, 6.07) is 9.07. The predicted octanol–water partition coefficient (Wildman–Crippen LogP) is 4.82. The number of amides is 3. The van der Waals surface area contributed by atoms with Gasteiger partial charge in [0.05, 0.1) is 11.0 Å². The van der Waals surface area contributed by atoms with E-state index < -0.39 is 12.2 Å². The SMILES string of the molecule is CC(=O)NC1C=CN(c2nc3ccccc3n(C3CC4CCCC(C3)N4C3CC4CCCCC3CC4)c2=O)C(=O)N1. The van der Waals surface area contributed by atoms with Crippen molar-refractivity contribution < 1.29 is 9.59 Å². The third-order valence-electron chi connectivity index (χ3n) is 10.5. The van der Waals surface area contributed by atoms with Crippen molar-refractivity contribution in [2.75, 3.05) is 4.90 Å². The van der Waals surface area contributed by atoms with Crippen molar-refractivity contribution in [1.82, 2.24) is 25.1 Å². The maximum absolute atomic E-state index is 14.2. The highest BCUT2D eigenvalue weighted by molar-refractivity contribution is 5.95. The number of nitrogens with zero attached hydrogens (tertiary/aromatic N) is 4. The van der Waals surface area contributed by atoms with Gasteiger partial charge < -0.3 is 15.2 Å². The summed E-state index contributed by atoms with van der Waals surface area (Å²) in [5.41, 5.74) is 1.31. The number of urea groups is 1. The van der Waals surface area contributed by atoms with Crippen LogP contribution in [-0.2, 0) is 4.79 Å². The summed E-state index contributed by atoms with van der Waals surface area (Å²) in [6.45, 7) is 1.40. The van der Waals surface area contributed by atoms with Crippen LogP contribution in [0, 0.1) is 11.8 Å². The number of fused-ring (bicyclic) bond motifs is 9. The van der Waals surface area contributed by atoms with Gasteiger partial charge in [-0.15, -0.1) is 0 Å². The van der Waals surface area contributed by atoms with Crippen LogP contribution in [0.5, 0.6) is 0 Å². The van der Waals surface area contributed by atoms with E-state index in [0.29, 0.717) is 23.6 Å². The minimum absolute atomic E-state index is 0.0652. The van der Waals surface area contributed by atoms with Gasteiger partial charge in [-0.05, 0) is 75.0 Å². The molecule has 218 valence electrons. The van der Waals surface area contributed by atoms with Crippen LogP contribution in [0.3, 0.4) is 0 Å². The molecular weight excluding hydrogens is 516 g/mol. The Kier molecular flexibility index (Phi) is 7.09. The van der Waals surface area contributed by atoms with Gasteiger partial charge in [0.1, 0.15) is 6.17 Å². The quantitative estimate of drug-likeness (QED) is 0.561. The topological polar surface area (TPSA) is 99.6 Å². The van der Waals surface area contributed by atoms with E-state index in [1.165, 1.54) is 76.0 Å². The molecule has 3 saturated carbocycles. The molecule has 0 spiro atoms. The van der Waals surface area contributed by atoms with E-state index >= 15 is 0 Å². The van der Waals surface area contributed by atoms with Crippen LogP contribution in [0.15, 0.2) is 41.3 Å². The maximum atomic E-state index is 14.2. The average molecular weight is 559 g/mol. The molecule has 9 heteroatoms. The number of piperidine rings is 2. The fourth-order valence-electron chi connectivity index (χ4n) is 8.86. The molecule has 4 heterocycles. The third kappa shape index (κ3) is 4.96. The van der Waals surface area contributed by atoms with Crippen molar-refractivity contribution in [3.05, 3.63) is 46.9 Å². The van der Waals surface area contributed by atoms with Gasteiger partial charge in [-0.1, -0.05) is 44.2 Å². The zero-order chi connectivity index (χ0) is 28.1. The molecule has 2 aromatic rings. The summed E-state index contributed by atoms with van der Waals surface area (Å²) in [5, 5.41) is 5.41. The van der Waals surface area contributed by atoms with Gasteiger partial charge in [0.25, 0.3) is 5.56 Å². The number of rotatable bonds is 4. The Labute approximate surface area is 241 Å². The number of nitrogens with one attached hydrogen (secondary N) is 2. The zero-order valence-corrected chi connectivity index (χ0v) is 24.0. The minimum atomic E-state index is -0.619. The molecule has 1 aromatic carbocycles. The molecule has 2 N–H and O–H groups in total. The molecule has 9 nitrogen and oxygen atoms in total.